The summed E-state index contributed by atoms with van der Waals surface area (Å²) in [6, 6.07) is 11.8. The predicted molar refractivity (Wildman–Crippen MR) is 108 cm³/mol. The molecule has 1 unspecified atom stereocenters. The molecule has 27 heavy (non-hydrogen) atoms. The summed E-state index contributed by atoms with van der Waals surface area (Å²) in [5, 5.41) is 3.89. The number of nitrogens with zero attached hydrogens (tertiary/aromatic N) is 2. The summed E-state index contributed by atoms with van der Waals surface area (Å²) in [5.41, 5.74) is 2.20. The van der Waals surface area contributed by atoms with Crippen LogP contribution in [0.4, 0.5) is 0 Å². The molecule has 1 amide bonds. The van der Waals surface area contributed by atoms with Crippen molar-refractivity contribution in [3.05, 3.63) is 65.4 Å². The van der Waals surface area contributed by atoms with Crippen LogP contribution in [0, 0.1) is 0 Å². The molecule has 0 aliphatic carbocycles. The zero-order valence-corrected chi connectivity index (χ0v) is 16.3. The van der Waals surface area contributed by atoms with Crippen LogP contribution in [0.25, 0.3) is 10.6 Å². The number of benzene rings is 1. The SMILES string of the molecule is COc1ccc(-c2ncc(C(=O)NC(C)CCCc3cccnc3)s2)cc1. The van der Waals surface area contributed by atoms with E-state index >= 15 is 0 Å². The van der Waals surface area contributed by atoms with Crippen molar-refractivity contribution in [2.45, 2.75) is 32.2 Å². The number of carbonyl (C=O) groups excluding carboxylic acids is 1. The van der Waals surface area contributed by atoms with Crippen molar-refractivity contribution in [1.82, 2.24) is 15.3 Å². The summed E-state index contributed by atoms with van der Waals surface area (Å²) in [6.07, 6.45) is 8.21. The van der Waals surface area contributed by atoms with Crippen LogP contribution >= 0.6 is 11.3 Å². The number of nitrogens with one attached hydrogen (secondary N) is 1. The molecule has 0 aliphatic heterocycles. The Kier molecular flexibility index (Phi) is 6.54. The Morgan fingerprint density at radius 2 is 2.04 bits per heavy atom. The maximum absolute atomic E-state index is 12.5. The fourth-order valence-electron chi connectivity index (χ4n) is 2.77. The zero-order valence-electron chi connectivity index (χ0n) is 15.5. The summed E-state index contributed by atoms with van der Waals surface area (Å²) in [5.74, 6) is 0.731. The smallest absolute Gasteiger partial charge is 0.263 e. The topological polar surface area (TPSA) is 64.1 Å². The van der Waals surface area contributed by atoms with Crippen LogP contribution in [0.3, 0.4) is 0 Å². The van der Waals surface area contributed by atoms with Gasteiger partial charge in [-0.15, -0.1) is 11.3 Å². The molecular formula is C21H23N3O2S. The van der Waals surface area contributed by atoms with Crippen LogP contribution in [-0.4, -0.2) is 29.0 Å². The lowest BCUT2D eigenvalue weighted by Crippen LogP contribution is -2.32. The van der Waals surface area contributed by atoms with Crippen molar-refractivity contribution in [2.75, 3.05) is 7.11 Å². The first-order chi connectivity index (χ1) is 13.2. The molecule has 1 N–H and O–H groups in total. The zero-order chi connectivity index (χ0) is 19.1. The Morgan fingerprint density at radius 1 is 1.22 bits per heavy atom. The van der Waals surface area contributed by atoms with E-state index in [9.17, 15) is 4.79 Å². The highest BCUT2D eigenvalue weighted by Gasteiger charge is 2.14. The van der Waals surface area contributed by atoms with Gasteiger partial charge in [-0.1, -0.05) is 6.07 Å². The number of hydrogen-bond acceptors (Lipinski definition) is 5. The van der Waals surface area contributed by atoms with E-state index in [0.717, 1.165) is 35.6 Å². The summed E-state index contributed by atoms with van der Waals surface area (Å²) in [6.45, 7) is 2.03. The van der Waals surface area contributed by atoms with E-state index in [1.165, 1.54) is 16.9 Å². The fourth-order valence-corrected chi connectivity index (χ4v) is 3.60. The van der Waals surface area contributed by atoms with Gasteiger partial charge in [-0.2, -0.15) is 0 Å². The molecule has 6 heteroatoms. The molecule has 3 rings (SSSR count). The van der Waals surface area contributed by atoms with E-state index in [1.54, 1.807) is 19.5 Å². The van der Waals surface area contributed by atoms with Gasteiger partial charge in [0, 0.05) is 24.0 Å². The lowest BCUT2D eigenvalue weighted by molar-refractivity contribution is 0.0942. The maximum Gasteiger partial charge on any atom is 0.263 e. The monoisotopic (exact) mass is 381 g/mol. The Balaban J connectivity index is 1.51. The normalized spacial score (nSPS) is 11.8. The highest BCUT2D eigenvalue weighted by molar-refractivity contribution is 7.16. The largest absolute Gasteiger partial charge is 0.497 e. The minimum atomic E-state index is -0.0684. The number of amides is 1. The van der Waals surface area contributed by atoms with Crippen molar-refractivity contribution in [1.29, 1.82) is 0 Å². The molecule has 2 heterocycles. The van der Waals surface area contributed by atoms with Gasteiger partial charge in [0.15, 0.2) is 0 Å². The number of pyridine rings is 1. The number of hydrogen-bond donors (Lipinski definition) is 1. The standard InChI is InChI=1S/C21H23N3O2S/c1-15(5-3-6-16-7-4-12-22-13-16)24-20(25)19-14-23-21(27-19)17-8-10-18(26-2)11-9-17/h4,7-15H,3,5-6H2,1-2H3,(H,24,25). The number of carbonyl (C=O) groups is 1. The lowest BCUT2D eigenvalue weighted by Gasteiger charge is -2.12. The van der Waals surface area contributed by atoms with Gasteiger partial charge in [0.2, 0.25) is 0 Å². The van der Waals surface area contributed by atoms with Gasteiger partial charge in [0.25, 0.3) is 5.91 Å². The molecule has 1 atom stereocenters. The maximum atomic E-state index is 12.5. The molecule has 0 bridgehead atoms. The van der Waals surface area contributed by atoms with Crippen molar-refractivity contribution < 1.29 is 9.53 Å². The van der Waals surface area contributed by atoms with Gasteiger partial charge in [-0.25, -0.2) is 4.98 Å². The number of aromatic nitrogens is 2. The van der Waals surface area contributed by atoms with Crippen LogP contribution in [0.5, 0.6) is 5.75 Å². The van der Waals surface area contributed by atoms with Gasteiger partial charge in [-0.05, 0) is 62.1 Å². The molecule has 3 aromatic rings. The lowest BCUT2D eigenvalue weighted by atomic mass is 10.1. The summed E-state index contributed by atoms with van der Waals surface area (Å²) >= 11 is 1.40. The number of aryl methyl sites for hydroxylation is 1. The van der Waals surface area contributed by atoms with Crippen molar-refractivity contribution in [2.24, 2.45) is 0 Å². The van der Waals surface area contributed by atoms with Crippen LogP contribution in [-0.2, 0) is 6.42 Å². The third-order valence-electron chi connectivity index (χ3n) is 4.27. The van der Waals surface area contributed by atoms with Gasteiger partial charge in [0.05, 0.1) is 13.3 Å². The van der Waals surface area contributed by atoms with Gasteiger partial charge in [-0.3, -0.25) is 9.78 Å². The molecule has 0 fully saturated rings. The van der Waals surface area contributed by atoms with Crippen molar-refractivity contribution in [3.8, 4) is 16.3 Å². The van der Waals surface area contributed by atoms with E-state index in [1.807, 2.05) is 43.5 Å². The molecule has 5 nitrogen and oxygen atoms in total. The molecular weight excluding hydrogens is 358 g/mol. The number of methoxy groups -OCH3 is 1. The first-order valence-corrected chi connectivity index (χ1v) is 9.77. The van der Waals surface area contributed by atoms with E-state index < -0.39 is 0 Å². The molecule has 140 valence electrons. The van der Waals surface area contributed by atoms with E-state index in [-0.39, 0.29) is 11.9 Å². The van der Waals surface area contributed by atoms with Crippen LogP contribution < -0.4 is 10.1 Å². The highest BCUT2D eigenvalue weighted by Crippen LogP contribution is 2.26. The number of thiazole rings is 1. The molecule has 0 spiro atoms. The molecule has 0 radical (unpaired) electrons. The van der Waals surface area contributed by atoms with E-state index in [2.05, 4.69) is 21.4 Å². The van der Waals surface area contributed by atoms with Crippen LogP contribution in [0.15, 0.2) is 55.0 Å². The summed E-state index contributed by atoms with van der Waals surface area (Å²) < 4.78 is 5.17. The molecule has 0 aliphatic rings. The highest BCUT2D eigenvalue weighted by atomic mass is 32.1. The molecule has 1 aromatic carbocycles. The number of rotatable bonds is 8. The number of ether oxygens (including phenoxy) is 1. The average molecular weight is 382 g/mol. The summed E-state index contributed by atoms with van der Waals surface area (Å²) in [4.78, 5) is 21.6. The average Bonchev–Trinajstić information content (AvgIpc) is 3.19. The van der Waals surface area contributed by atoms with E-state index in [4.69, 9.17) is 4.74 Å². The van der Waals surface area contributed by atoms with Crippen LogP contribution in [0.2, 0.25) is 0 Å². The second-order valence-corrected chi connectivity index (χ2v) is 7.42. The van der Waals surface area contributed by atoms with Crippen molar-refractivity contribution in [3.63, 3.8) is 0 Å². The molecule has 0 saturated heterocycles. The Labute approximate surface area is 163 Å². The summed E-state index contributed by atoms with van der Waals surface area (Å²) in [7, 11) is 1.64. The first kappa shape index (κ1) is 19.0. The second kappa shape index (κ2) is 9.28. The molecule has 2 aromatic heterocycles. The molecule has 0 saturated carbocycles. The Morgan fingerprint density at radius 3 is 2.74 bits per heavy atom. The Bertz CT molecular complexity index is 863. The first-order valence-electron chi connectivity index (χ1n) is 8.95. The van der Waals surface area contributed by atoms with E-state index in [0.29, 0.717) is 4.88 Å². The Hall–Kier alpha value is -2.73. The minimum absolute atomic E-state index is 0.0684. The third-order valence-corrected chi connectivity index (χ3v) is 5.31. The predicted octanol–water partition coefficient (Wildman–Crippen LogP) is 4.35. The van der Waals surface area contributed by atoms with Crippen molar-refractivity contribution >= 4 is 17.2 Å². The van der Waals surface area contributed by atoms with Gasteiger partial charge >= 0.3 is 0 Å². The van der Waals surface area contributed by atoms with Gasteiger partial charge < -0.3 is 10.1 Å². The fraction of sp³-hybridized carbons (Fsp3) is 0.286. The third kappa shape index (κ3) is 5.37. The quantitative estimate of drug-likeness (QED) is 0.630. The minimum Gasteiger partial charge on any atom is -0.497 e. The van der Waals surface area contributed by atoms with Crippen LogP contribution in [0.1, 0.15) is 35.0 Å². The van der Waals surface area contributed by atoms with Gasteiger partial charge in [0.1, 0.15) is 15.6 Å². The second-order valence-electron chi connectivity index (χ2n) is 6.39.